The molecular weight excluding hydrogens is 206 g/mol. The molecule has 0 aliphatic rings. The van der Waals surface area contributed by atoms with Crippen molar-refractivity contribution in [2.75, 3.05) is 6.61 Å². The summed E-state index contributed by atoms with van der Waals surface area (Å²) in [4.78, 5) is 22.8. The standard InChI is InChI=1S/C12H15NO3/c1-3-11(14)13-12(15)9-7-5-6-8-10(9)16-4-2/h5-8H,3-4H2,1-2H3,(H,13,14,15). The first kappa shape index (κ1) is 12.2. The number of carbonyl (C=O) groups excluding carboxylic acids is 2. The van der Waals surface area contributed by atoms with Crippen LogP contribution in [0.2, 0.25) is 0 Å². The molecule has 0 bridgehead atoms. The molecule has 1 aromatic carbocycles. The first-order valence-corrected chi connectivity index (χ1v) is 5.25. The third kappa shape index (κ3) is 3.08. The summed E-state index contributed by atoms with van der Waals surface area (Å²) in [6.45, 7) is 4.01. The Labute approximate surface area is 94.6 Å². The van der Waals surface area contributed by atoms with E-state index in [0.29, 0.717) is 17.9 Å². The maximum atomic E-state index is 11.7. The summed E-state index contributed by atoms with van der Waals surface area (Å²) in [5.74, 6) is -0.224. The van der Waals surface area contributed by atoms with Crippen LogP contribution in [0.5, 0.6) is 5.75 Å². The lowest BCUT2D eigenvalue weighted by Crippen LogP contribution is -2.29. The van der Waals surface area contributed by atoms with Gasteiger partial charge >= 0.3 is 0 Å². The van der Waals surface area contributed by atoms with Crippen molar-refractivity contribution in [2.24, 2.45) is 0 Å². The average molecular weight is 221 g/mol. The van der Waals surface area contributed by atoms with Crippen LogP contribution in [0.3, 0.4) is 0 Å². The fourth-order valence-electron chi connectivity index (χ4n) is 1.22. The minimum Gasteiger partial charge on any atom is -0.493 e. The van der Waals surface area contributed by atoms with Crippen LogP contribution in [0.15, 0.2) is 24.3 Å². The van der Waals surface area contributed by atoms with Crippen molar-refractivity contribution in [1.29, 1.82) is 0 Å². The third-order valence-corrected chi connectivity index (χ3v) is 2.01. The zero-order valence-corrected chi connectivity index (χ0v) is 9.45. The van der Waals surface area contributed by atoms with Crippen molar-refractivity contribution in [1.82, 2.24) is 5.32 Å². The smallest absolute Gasteiger partial charge is 0.261 e. The van der Waals surface area contributed by atoms with Crippen molar-refractivity contribution >= 4 is 11.8 Å². The van der Waals surface area contributed by atoms with Crippen molar-refractivity contribution in [2.45, 2.75) is 20.3 Å². The van der Waals surface area contributed by atoms with Crippen LogP contribution >= 0.6 is 0 Å². The van der Waals surface area contributed by atoms with E-state index in [9.17, 15) is 9.59 Å². The summed E-state index contributed by atoms with van der Waals surface area (Å²) >= 11 is 0. The first-order valence-electron chi connectivity index (χ1n) is 5.25. The van der Waals surface area contributed by atoms with Gasteiger partial charge in [0.2, 0.25) is 5.91 Å². The Morgan fingerprint density at radius 1 is 1.25 bits per heavy atom. The van der Waals surface area contributed by atoms with Crippen LogP contribution in [-0.4, -0.2) is 18.4 Å². The van der Waals surface area contributed by atoms with Crippen LogP contribution in [0.25, 0.3) is 0 Å². The molecule has 0 radical (unpaired) electrons. The van der Waals surface area contributed by atoms with Crippen molar-refractivity contribution in [3.63, 3.8) is 0 Å². The molecule has 1 N–H and O–H groups in total. The predicted octanol–water partition coefficient (Wildman–Crippen LogP) is 1.75. The number of imide groups is 1. The van der Waals surface area contributed by atoms with Gasteiger partial charge in [-0.3, -0.25) is 14.9 Å². The molecule has 16 heavy (non-hydrogen) atoms. The molecule has 0 unspecified atom stereocenters. The van der Waals surface area contributed by atoms with Gasteiger partial charge in [0.05, 0.1) is 12.2 Å². The van der Waals surface area contributed by atoms with Crippen LogP contribution in [-0.2, 0) is 4.79 Å². The summed E-state index contributed by atoms with van der Waals surface area (Å²) in [5, 5.41) is 2.29. The Morgan fingerprint density at radius 3 is 2.56 bits per heavy atom. The van der Waals surface area contributed by atoms with Crippen molar-refractivity contribution < 1.29 is 14.3 Å². The number of benzene rings is 1. The maximum absolute atomic E-state index is 11.7. The number of nitrogens with one attached hydrogen (secondary N) is 1. The van der Waals surface area contributed by atoms with Gasteiger partial charge in [-0.2, -0.15) is 0 Å². The van der Waals surface area contributed by atoms with Gasteiger partial charge in [0.25, 0.3) is 5.91 Å². The molecule has 4 nitrogen and oxygen atoms in total. The lowest BCUT2D eigenvalue weighted by molar-refractivity contribution is -0.119. The molecule has 0 heterocycles. The van der Waals surface area contributed by atoms with E-state index in [1.54, 1.807) is 31.2 Å². The summed E-state index contributed by atoms with van der Waals surface area (Å²) in [6, 6.07) is 6.84. The number of carbonyl (C=O) groups is 2. The number of rotatable bonds is 4. The van der Waals surface area contributed by atoms with E-state index in [1.165, 1.54) is 0 Å². The molecule has 0 aliphatic heterocycles. The highest BCUT2D eigenvalue weighted by atomic mass is 16.5. The molecule has 0 aliphatic carbocycles. The van der Waals surface area contributed by atoms with E-state index >= 15 is 0 Å². The van der Waals surface area contributed by atoms with Gasteiger partial charge in [0.15, 0.2) is 0 Å². The summed E-state index contributed by atoms with van der Waals surface area (Å²) in [5.41, 5.74) is 0.381. The molecule has 86 valence electrons. The zero-order chi connectivity index (χ0) is 12.0. The molecule has 0 saturated heterocycles. The molecule has 0 saturated carbocycles. The summed E-state index contributed by atoms with van der Waals surface area (Å²) in [6.07, 6.45) is 0.280. The van der Waals surface area contributed by atoms with Crippen LogP contribution < -0.4 is 10.1 Å². The second kappa shape index (κ2) is 5.90. The van der Waals surface area contributed by atoms with E-state index in [2.05, 4.69) is 5.32 Å². The lowest BCUT2D eigenvalue weighted by Gasteiger charge is -2.09. The minimum absolute atomic E-state index is 0.280. The van der Waals surface area contributed by atoms with Crippen LogP contribution in [0.4, 0.5) is 0 Å². The Morgan fingerprint density at radius 2 is 1.94 bits per heavy atom. The lowest BCUT2D eigenvalue weighted by atomic mass is 10.2. The monoisotopic (exact) mass is 221 g/mol. The third-order valence-electron chi connectivity index (χ3n) is 2.01. The second-order valence-electron chi connectivity index (χ2n) is 3.16. The van der Waals surface area contributed by atoms with E-state index in [0.717, 1.165) is 0 Å². The second-order valence-corrected chi connectivity index (χ2v) is 3.16. The number of para-hydroxylation sites is 1. The highest BCUT2D eigenvalue weighted by Gasteiger charge is 2.13. The van der Waals surface area contributed by atoms with Gasteiger partial charge in [-0.05, 0) is 19.1 Å². The van der Waals surface area contributed by atoms with Gasteiger partial charge in [0.1, 0.15) is 5.75 Å². The Hall–Kier alpha value is -1.84. The van der Waals surface area contributed by atoms with E-state index in [4.69, 9.17) is 4.74 Å². The molecule has 1 rings (SSSR count). The molecule has 0 aromatic heterocycles. The summed E-state index contributed by atoms with van der Waals surface area (Å²) < 4.78 is 5.30. The average Bonchev–Trinajstić information content (AvgIpc) is 2.30. The van der Waals surface area contributed by atoms with E-state index in [-0.39, 0.29) is 12.3 Å². The molecule has 0 atom stereocenters. The molecule has 1 aromatic rings. The Bertz CT molecular complexity index is 388. The highest BCUT2D eigenvalue weighted by molar-refractivity contribution is 6.06. The van der Waals surface area contributed by atoms with Crippen molar-refractivity contribution in [3.05, 3.63) is 29.8 Å². The topological polar surface area (TPSA) is 55.4 Å². The number of hydrogen-bond donors (Lipinski definition) is 1. The molecule has 2 amide bonds. The number of amides is 2. The van der Waals surface area contributed by atoms with Gasteiger partial charge in [-0.15, -0.1) is 0 Å². The molecule has 4 heteroatoms. The van der Waals surface area contributed by atoms with Crippen molar-refractivity contribution in [3.8, 4) is 5.75 Å². The Kier molecular flexibility index (Phi) is 4.51. The largest absolute Gasteiger partial charge is 0.493 e. The highest BCUT2D eigenvalue weighted by Crippen LogP contribution is 2.17. The summed E-state index contributed by atoms with van der Waals surface area (Å²) in [7, 11) is 0. The normalized spacial score (nSPS) is 9.62. The maximum Gasteiger partial charge on any atom is 0.261 e. The fraction of sp³-hybridized carbons (Fsp3) is 0.333. The van der Waals surface area contributed by atoms with Gasteiger partial charge in [-0.1, -0.05) is 19.1 Å². The number of ether oxygens (including phenoxy) is 1. The SMILES string of the molecule is CCOc1ccccc1C(=O)NC(=O)CC. The zero-order valence-electron chi connectivity index (χ0n) is 9.45. The predicted molar refractivity (Wildman–Crippen MR) is 60.4 cm³/mol. The molecule has 0 fully saturated rings. The quantitative estimate of drug-likeness (QED) is 0.842. The van der Waals surface area contributed by atoms with E-state index in [1.807, 2.05) is 6.92 Å². The van der Waals surface area contributed by atoms with E-state index < -0.39 is 5.91 Å². The van der Waals surface area contributed by atoms with Crippen LogP contribution in [0, 0.1) is 0 Å². The van der Waals surface area contributed by atoms with Crippen LogP contribution in [0.1, 0.15) is 30.6 Å². The molecular formula is C12H15NO3. The van der Waals surface area contributed by atoms with Gasteiger partial charge < -0.3 is 4.74 Å². The fourth-order valence-corrected chi connectivity index (χ4v) is 1.22. The minimum atomic E-state index is -0.420. The Balaban J connectivity index is 2.85. The molecule has 0 spiro atoms. The van der Waals surface area contributed by atoms with Gasteiger partial charge in [-0.25, -0.2) is 0 Å². The first-order chi connectivity index (χ1) is 7.69. The number of hydrogen-bond acceptors (Lipinski definition) is 3. The van der Waals surface area contributed by atoms with Gasteiger partial charge in [0, 0.05) is 6.42 Å².